The van der Waals surface area contributed by atoms with E-state index in [9.17, 15) is 18.3 Å². The molecule has 0 radical (unpaired) electrons. The van der Waals surface area contributed by atoms with E-state index in [0.29, 0.717) is 17.0 Å². The predicted molar refractivity (Wildman–Crippen MR) is 152 cm³/mol. The topological polar surface area (TPSA) is 98.7 Å². The smallest absolute Gasteiger partial charge is 0.240 e. The van der Waals surface area contributed by atoms with Crippen molar-refractivity contribution in [2.75, 3.05) is 30.4 Å². The molecular weight excluding hydrogens is 510 g/mol. The quantitative estimate of drug-likeness (QED) is 0.447. The standard InChI is InChI=1S/C31H31N3O4S/c1-17-26(24-15-18-7-5-13-34-14-6-10-22(29(18)34)30(24)35)20-8-3-4-9-21(20)27(17)28-23-16-19(39(37,38)32-2)11-12-25(23)33-31(28)36/h3-4,8-9,11-12,15-16,27-28,32,35H,5-7,10,13-14H2,1-2H3,(H,33,36). The van der Waals surface area contributed by atoms with Gasteiger partial charge in [0, 0.05) is 41.5 Å². The van der Waals surface area contributed by atoms with Crippen LogP contribution >= 0.6 is 0 Å². The summed E-state index contributed by atoms with van der Waals surface area (Å²) < 4.78 is 27.6. The second-order valence-corrected chi connectivity index (χ2v) is 12.9. The van der Waals surface area contributed by atoms with Crippen LogP contribution in [0.1, 0.15) is 65.0 Å². The zero-order chi connectivity index (χ0) is 27.1. The Hall–Kier alpha value is -3.62. The SMILES string of the molecule is CNS(=O)(=O)c1ccc2c(c1)C(C1C(C)=C(c3cc4c5c(c3O)CCCN5CCC4)c3ccccc31)C(=O)N2. The summed E-state index contributed by atoms with van der Waals surface area (Å²) in [5, 5.41) is 14.7. The van der Waals surface area contributed by atoms with Crippen LogP contribution < -0.4 is 14.9 Å². The van der Waals surface area contributed by atoms with Gasteiger partial charge in [0.1, 0.15) is 5.75 Å². The molecule has 0 saturated carbocycles. The van der Waals surface area contributed by atoms with Gasteiger partial charge in [0.2, 0.25) is 15.9 Å². The van der Waals surface area contributed by atoms with Gasteiger partial charge in [0.25, 0.3) is 0 Å². The van der Waals surface area contributed by atoms with Gasteiger partial charge in [-0.1, -0.05) is 29.8 Å². The highest BCUT2D eigenvalue weighted by Gasteiger charge is 2.44. The number of phenolic OH excluding ortho intramolecular Hbond substituents is 1. The van der Waals surface area contributed by atoms with Crippen LogP contribution in [0.3, 0.4) is 0 Å². The molecule has 0 spiro atoms. The molecule has 0 fully saturated rings. The molecule has 2 unspecified atom stereocenters. The highest BCUT2D eigenvalue weighted by Crippen LogP contribution is 2.56. The van der Waals surface area contributed by atoms with E-state index in [1.54, 1.807) is 12.1 Å². The normalized spacial score (nSPS) is 21.5. The highest BCUT2D eigenvalue weighted by molar-refractivity contribution is 7.89. The van der Waals surface area contributed by atoms with Crippen molar-refractivity contribution in [1.29, 1.82) is 0 Å². The number of nitrogens with one attached hydrogen (secondary N) is 2. The lowest BCUT2D eigenvalue weighted by Crippen LogP contribution is -2.34. The molecule has 3 N–H and O–H groups in total. The van der Waals surface area contributed by atoms with Gasteiger partial charge in [-0.15, -0.1) is 0 Å². The summed E-state index contributed by atoms with van der Waals surface area (Å²) in [7, 11) is -2.29. The summed E-state index contributed by atoms with van der Waals surface area (Å²) in [4.78, 5) is 16.1. The summed E-state index contributed by atoms with van der Waals surface area (Å²) in [6.07, 6.45) is 3.98. The minimum atomic E-state index is -3.67. The van der Waals surface area contributed by atoms with Crippen LogP contribution in [-0.4, -0.2) is 39.6 Å². The maximum absolute atomic E-state index is 13.5. The molecule has 3 aromatic carbocycles. The van der Waals surface area contributed by atoms with E-state index in [1.807, 2.05) is 12.1 Å². The van der Waals surface area contributed by atoms with Crippen LogP contribution in [0.4, 0.5) is 11.4 Å². The average Bonchev–Trinajstić information content (AvgIpc) is 3.42. The molecule has 7 rings (SSSR count). The van der Waals surface area contributed by atoms with Crippen LogP contribution in [0.15, 0.2) is 59.0 Å². The van der Waals surface area contributed by atoms with Crippen LogP contribution in [-0.2, 0) is 27.7 Å². The fraction of sp³-hybridized carbons (Fsp3) is 0.323. The maximum atomic E-state index is 13.5. The third-order valence-corrected chi connectivity index (χ3v) is 10.4. The van der Waals surface area contributed by atoms with Gasteiger partial charge in [0.05, 0.1) is 10.8 Å². The molecule has 0 saturated heterocycles. The first-order valence-electron chi connectivity index (χ1n) is 13.6. The molecule has 3 aliphatic heterocycles. The number of benzene rings is 3. The first-order valence-corrected chi connectivity index (χ1v) is 15.1. The number of allylic oxidation sites excluding steroid dienone is 1. The van der Waals surface area contributed by atoms with Gasteiger partial charge in [-0.3, -0.25) is 4.79 Å². The van der Waals surface area contributed by atoms with Gasteiger partial charge in [-0.25, -0.2) is 13.1 Å². The van der Waals surface area contributed by atoms with Crippen molar-refractivity contribution in [1.82, 2.24) is 4.72 Å². The van der Waals surface area contributed by atoms with Crippen molar-refractivity contribution in [2.45, 2.75) is 49.3 Å². The highest BCUT2D eigenvalue weighted by atomic mass is 32.2. The summed E-state index contributed by atoms with van der Waals surface area (Å²) in [6.45, 7) is 4.12. The number of fused-ring (bicyclic) bond motifs is 2. The molecule has 0 aromatic heterocycles. The number of hydrogen-bond acceptors (Lipinski definition) is 5. The molecular formula is C31H31N3O4S. The number of carbonyl (C=O) groups excluding carboxylic acids is 1. The van der Waals surface area contributed by atoms with Crippen LogP contribution in [0, 0.1) is 0 Å². The largest absolute Gasteiger partial charge is 0.507 e. The third-order valence-electron chi connectivity index (χ3n) is 9.00. The van der Waals surface area contributed by atoms with Gasteiger partial charge < -0.3 is 15.3 Å². The van der Waals surface area contributed by atoms with Crippen molar-refractivity contribution in [2.24, 2.45) is 0 Å². The van der Waals surface area contributed by atoms with E-state index in [2.05, 4.69) is 40.1 Å². The lowest BCUT2D eigenvalue weighted by molar-refractivity contribution is -0.117. The van der Waals surface area contributed by atoms with E-state index in [-0.39, 0.29) is 16.7 Å². The number of carbonyl (C=O) groups is 1. The van der Waals surface area contributed by atoms with Gasteiger partial charge in [-0.2, -0.15) is 0 Å². The number of sulfonamides is 1. The average molecular weight is 542 g/mol. The molecule has 0 bridgehead atoms. The Morgan fingerprint density at radius 2 is 1.74 bits per heavy atom. The van der Waals surface area contributed by atoms with Crippen molar-refractivity contribution < 1.29 is 18.3 Å². The molecule has 2 atom stereocenters. The molecule has 39 heavy (non-hydrogen) atoms. The molecule has 7 nitrogen and oxygen atoms in total. The fourth-order valence-corrected chi connectivity index (χ4v) is 8.06. The van der Waals surface area contributed by atoms with Crippen molar-refractivity contribution in [3.8, 4) is 5.75 Å². The Labute approximate surface area is 228 Å². The Morgan fingerprint density at radius 3 is 2.54 bits per heavy atom. The van der Waals surface area contributed by atoms with Crippen LogP contribution in [0.5, 0.6) is 5.75 Å². The lowest BCUT2D eigenvalue weighted by atomic mass is 9.80. The zero-order valence-electron chi connectivity index (χ0n) is 22.0. The molecule has 1 amide bonds. The Morgan fingerprint density at radius 1 is 0.974 bits per heavy atom. The second kappa shape index (κ2) is 8.69. The van der Waals surface area contributed by atoms with Crippen LogP contribution in [0.25, 0.3) is 5.57 Å². The molecule has 1 aliphatic carbocycles. The minimum absolute atomic E-state index is 0.134. The molecule has 3 heterocycles. The number of rotatable bonds is 4. The zero-order valence-corrected chi connectivity index (χ0v) is 22.9. The first kappa shape index (κ1) is 24.4. The minimum Gasteiger partial charge on any atom is -0.507 e. The molecule has 8 heteroatoms. The van der Waals surface area contributed by atoms with E-state index >= 15 is 0 Å². The number of nitrogens with zero attached hydrogens (tertiary/aromatic N) is 1. The number of anilines is 2. The number of aromatic hydroxyl groups is 1. The number of amides is 1. The predicted octanol–water partition coefficient (Wildman–Crippen LogP) is 4.65. The lowest BCUT2D eigenvalue weighted by Gasteiger charge is -2.37. The summed E-state index contributed by atoms with van der Waals surface area (Å²) in [5.74, 6) is -0.666. The van der Waals surface area contributed by atoms with E-state index in [1.165, 1.54) is 24.4 Å². The van der Waals surface area contributed by atoms with Gasteiger partial charge in [-0.05, 0) is 91.7 Å². The third kappa shape index (κ3) is 3.51. The first-order chi connectivity index (χ1) is 18.8. The Kier molecular flexibility index (Phi) is 5.44. The molecule has 3 aromatic rings. The molecule has 200 valence electrons. The Bertz CT molecular complexity index is 1710. The second-order valence-electron chi connectivity index (χ2n) is 11.0. The van der Waals surface area contributed by atoms with E-state index in [4.69, 9.17) is 0 Å². The van der Waals surface area contributed by atoms with Gasteiger partial charge in [0.15, 0.2) is 0 Å². The number of hydrogen-bond donors (Lipinski definition) is 3. The van der Waals surface area contributed by atoms with Crippen molar-refractivity contribution in [3.63, 3.8) is 0 Å². The maximum Gasteiger partial charge on any atom is 0.240 e. The summed E-state index contributed by atoms with van der Waals surface area (Å²) >= 11 is 0. The molecule has 4 aliphatic rings. The van der Waals surface area contributed by atoms with E-state index in [0.717, 1.165) is 72.2 Å². The van der Waals surface area contributed by atoms with Crippen molar-refractivity contribution >= 4 is 32.9 Å². The number of aryl methyl sites for hydroxylation is 1. The van der Waals surface area contributed by atoms with Crippen molar-refractivity contribution in [3.05, 3.63) is 87.5 Å². The monoisotopic (exact) mass is 541 g/mol. The van der Waals surface area contributed by atoms with Gasteiger partial charge >= 0.3 is 0 Å². The Balaban J connectivity index is 1.42. The summed E-state index contributed by atoms with van der Waals surface area (Å²) in [6, 6.07) is 15.1. The van der Waals surface area contributed by atoms with E-state index < -0.39 is 15.9 Å². The summed E-state index contributed by atoms with van der Waals surface area (Å²) in [5.41, 5.74) is 9.74. The number of phenols is 1. The van der Waals surface area contributed by atoms with Crippen LogP contribution in [0.2, 0.25) is 0 Å². The fourth-order valence-electron chi connectivity index (χ4n) is 7.30.